The molecule has 1 N–H and O–H groups in total. The Hall–Kier alpha value is -3.27. The molecule has 222 valence electrons. The molecule has 4 nitrogen and oxygen atoms in total. The van der Waals surface area contributed by atoms with Crippen LogP contribution in [0.3, 0.4) is 0 Å². The van der Waals surface area contributed by atoms with E-state index in [1.54, 1.807) is 17.7 Å². The quantitative estimate of drug-likeness (QED) is 0.281. The molecule has 3 aromatic rings. The van der Waals surface area contributed by atoms with Crippen LogP contribution in [0.4, 0.5) is 26.3 Å². The Labute approximate surface area is 235 Å². The molecule has 2 aromatic carbocycles. The lowest BCUT2D eigenvalue weighted by Crippen LogP contribution is -2.44. The molecule has 2 heterocycles. The second-order valence-electron chi connectivity index (χ2n) is 11.5. The van der Waals surface area contributed by atoms with Gasteiger partial charge in [-0.05, 0) is 85.1 Å². The molecule has 1 fully saturated rings. The first-order valence-corrected chi connectivity index (χ1v) is 13.6. The third kappa shape index (κ3) is 7.15. The summed E-state index contributed by atoms with van der Waals surface area (Å²) >= 11 is 0. The van der Waals surface area contributed by atoms with Gasteiger partial charge in [0.25, 0.3) is 5.56 Å². The molecule has 0 bridgehead atoms. The number of nitrogens with one attached hydrogen (secondary N) is 1. The predicted octanol–water partition coefficient (Wildman–Crippen LogP) is 7.51. The van der Waals surface area contributed by atoms with Crippen molar-refractivity contribution in [3.05, 3.63) is 93.4 Å². The zero-order valence-corrected chi connectivity index (χ0v) is 23.4. The number of piperidine rings is 1. The highest BCUT2D eigenvalue weighted by atomic mass is 19.4. The zero-order chi connectivity index (χ0) is 30.2. The van der Waals surface area contributed by atoms with E-state index in [1.165, 1.54) is 0 Å². The Bertz CT molecular complexity index is 1430. The van der Waals surface area contributed by atoms with Crippen molar-refractivity contribution < 1.29 is 26.3 Å². The number of fused-ring (bicyclic) bond motifs is 1. The topological polar surface area (TPSA) is 37.3 Å². The summed E-state index contributed by atoms with van der Waals surface area (Å²) < 4.78 is 81.5. The van der Waals surface area contributed by atoms with Gasteiger partial charge in [0.15, 0.2) is 0 Å². The van der Waals surface area contributed by atoms with Crippen molar-refractivity contribution in [2.24, 2.45) is 18.4 Å². The van der Waals surface area contributed by atoms with Gasteiger partial charge in [-0.2, -0.15) is 26.3 Å². The summed E-state index contributed by atoms with van der Waals surface area (Å²) in [4.78, 5) is 14.4. The normalized spacial score (nSPS) is 16.3. The highest BCUT2D eigenvalue weighted by molar-refractivity contribution is 5.79. The van der Waals surface area contributed by atoms with Crippen LogP contribution in [-0.4, -0.2) is 22.6 Å². The van der Waals surface area contributed by atoms with Crippen LogP contribution in [0.25, 0.3) is 10.9 Å². The lowest BCUT2D eigenvalue weighted by Gasteiger charge is -2.44. The van der Waals surface area contributed by atoms with Gasteiger partial charge in [0.2, 0.25) is 0 Å². The van der Waals surface area contributed by atoms with Crippen molar-refractivity contribution in [1.29, 1.82) is 0 Å². The van der Waals surface area contributed by atoms with Crippen LogP contribution < -0.4 is 10.9 Å². The van der Waals surface area contributed by atoms with Crippen LogP contribution >= 0.6 is 0 Å². The minimum atomic E-state index is -4.89. The molecule has 41 heavy (non-hydrogen) atoms. The van der Waals surface area contributed by atoms with Crippen LogP contribution in [0, 0.1) is 11.3 Å². The average Bonchev–Trinajstić information content (AvgIpc) is 2.89. The number of rotatable bonds is 8. The molecular weight excluding hydrogens is 544 g/mol. The monoisotopic (exact) mass is 579 g/mol. The Balaban J connectivity index is 1.47. The molecule has 0 radical (unpaired) electrons. The van der Waals surface area contributed by atoms with Gasteiger partial charge in [-0.25, -0.2) is 0 Å². The Morgan fingerprint density at radius 1 is 0.927 bits per heavy atom. The fourth-order valence-electron chi connectivity index (χ4n) is 5.84. The number of aryl methyl sites for hydroxylation is 1. The zero-order valence-electron chi connectivity index (χ0n) is 23.4. The van der Waals surface area contributed by atoms with E-state index in [-0.39, 0.29) is 29.1 Å². The summed E-state index contributed by atoms with van der Waals surface area (Å²) in [5.41, 5.74) is -0.584. The van der Waals surface area contributed by atoms with Crippen molar-refractivity contribution >= 4 is 10.9 Å². The maximum absolute atomic E-state index is 13.3. The first kappa shape index (κ1) is 30.7. The molecule has 0 aliphatic carbocycles. The second-order valence-corrected chi connectivity index (χ2v) is 11.5. The van der Waals surface area contributed by atoms with Crippen molar-refractivity contribution in [2.45, 2.75) is 58.6 Å². The molecule has 0 atom stereocenters. The minimum Gasteiger partial charge on any atom is -0.384 e. The third-order valence-electron chi connectivity index (χ3n) is 8.00. The smallest absolute Gasteiger partial charge is 0.384 e. The first-order chi connectivity index (χ1) is 19.1. The number of nitrogens with zero attached hydrogens (tertiary/aromatic N) is 2. The summed E-state index contributed by atoms with van der Waals surface area (Å²) in [7, 11) is 1.75. The molecule has 1 aliphatic heterocycles. The van der Waals surface area contributed by atoms with Crippen LogP contribution in [0.2, 0.25) is 0 Å². The Morgan fingerprint density at radius 2 is 1.51 bits per heavy atom. The fraction of sp³-hybridized carbons (Fsp3) is 0.452. The number of hydrogen-bond acceptors (Lipinski definition) is 3. The highest BCUT2D eigenvalue weighted by Gasteiger charge is 2.39. The van der Waals surface area contributed by atoms with Gasteiger partial charge in [-0.15, -0.1) is 0 Å². The summed E-state index contributed by atoms with van der Waals surface area (Å²) in [5, 5.41) is 4.07. The van der Waals surface area contributed by atoms with Gasteiger partial charge in [-0.3, -0.25) is 9.69 Å². The molecule has 1 saturated heterocycles. The van der Waals surface area contributed by atoms with E-state index in [9.17, 15) is 31.1 Å². The number of halogens is 6. The van der Waals surface area contributed by atoms with Crippen LogP contribution in [-0.2, 0) is 32.5 Å². The van der Waals surface area contributed by atoms with Gasteiger partial charge in [0, 0.05) is 37.3 Å². The van der Waals surface area contributed by atoms with Gasteiger partial charge < -0.3 is 9.88 Å². The molecular formula is C31H35F6N3O. The number of pyridine rings is 1. The molecule has 4 rings (SSSR count). The number of alkyl halides is 6. The van der Waals surface area contributed by atoms with Crippen molar-refractivity contribution in [3.8, 4) is 0 Å². The molecule has 0 spiro atoms. The van der Waals surface area contributed by atoms with Crippen LogP contribution in [0.5, 0.6) is 0 Å². The van der Waals surface area contributed by atoms with Crippen molar-refractivity contribution in [3.63, 3.8) is 0 Å². The molecule has 0 saturated carbocycles. The highest BCUT2D eigenvalue weighted by Crippen LogP contribution is 2.43. The van der Waals surface area contributed by atoms with E-state index in [0.29, 0.717) is 18.2 Å². The number of aromatic nitrogens is 1. The number of allylic oxidation sites excluding steroid dienone is 1. The summed E-state index contributed by atoms with van der Waals surface area (Å²) in [6, 6.07) is 11.1. The number of hydrogen-bond donors (Lipinski definition) is 1. The summed E-state index contributed by atoms with van der Waals surface area (Å²) in [6.07, 6.45) is -7.49. The van der Waals surface area contributed by atoms with Crippen molar-refractivity contribution in [2.75, 3.05) is 13.1 Å². The molecule has 0 amide bonds. The van der Waals surface area contributed by atoms with E-state index >= 15 is 0 Å². The Morgan fingerprint density at radius 3 is 2.07 bits per heavy atom. The largest absolute Gasteiger partial charge is 0.416 e. The summed E-state index contributed by atoms with van der Waals surface area (Å²) in [5.74, 6) is 0.312. The molecule has 0 unspecified atom stereocenters. The van der Waals surface area contributed by atoms with Crippen LogP contribution in [0.15, 0.2) is 65.6 Å². The lowest BCUT2D eigenvalue weighted by molar-refractivity contribution is -0.143. The number of benzene rings is 2. The second kappa shape index (κ2) is 11.5. The lowest BCUT2D eigenvalue weighted by atomic mass is 9.70. The maximum Gasteiger partial charge on any atom is 0.416 e. The molecule has 1 aromatic heterocycles. The maximum atomic E-state index is 13.3. The first-order valence-electron chi connectivity index (χ1n) is 13.6. The average molecular weight is 580 g/mol. The fourth-order valence-corrected chi connectivity index (χ4v) is 5.84. The van der Waals surface area contributed by atoms with E-state index in [2.05, 4.69) is 30.6 Å². The van der Waals surface area contributed by atoms with Gasteiger partial charge in [0.05, 0.1) is 16.6 Å². The van der Waals surface area contributed by atoms with Gasteiger partial charge in [0.1, 0.15) is 0 Å². The predicted molar refractivity (Wildman–Crippen MR) is 148 cm³/mol. The van der Waals surface area contributed by atoms with Crippen molar-refractivity contribution in [1.82, 2.24) is 14.8 Å². The van der Waals surface area contributed by atoms with E-state index in [1.807, 2.05) is 24.3 Å². The Kier molecular flexibility index (Phi) is 8.64. The molecule has 1 aliphatic rings. The van der Waals surface area contributed by atoms with Crippen LogP contribution in [0.1, 0.15) is 55.4 Å². The van der Waals surface area contributed by atoms with E-state index < -0.39 is 23.5 Å². The van der Waals surface area contributed by atoms with Gasteiger partial charge in [-0.1, -0.05) is 32.6 Å². The van der Waals surface area contributed by atoms with E-state index in [0.717, 1.165) is 61.0 Å². The van der Waals surface area contributed by atoms with E-state index in [4.69, 9.17) is 0 Å². The number of likely N-dealkylation sites (tertiary alicyclic amines) is 1. The third-order valence-corrected chi connectivity index (χ3v) is 8.00. The van der Waals surface area contributed by atoms with Gasteiger partial charge >= 0.3 is 12.4 Å². The SMILES string of the molecule is C=C(NCc1cc(C(F)(F)F)cc(C(F)(F)F)c1)C1(CC(C)C)CCN(Cc2ccc3ccc(=O)n(C)c3c2)CC1. The standard InChI is InChI=1S/C31H35F6N3O/c1-20(2)17-29(21(3)38-18-23-13-25(30(32,33)34)16-26(14-23)31(35,36)37)9-11-40(12-10-29)19-22-5-6-24-7-8-28(41)39(4)27(24)15-22/h5-8,13-16,20,38H,3,9-12,17-19H2,1-2,4H3. The minimum absolute atomic E-state index is 0.0723. The molecule has 10 heteroatoms. The summed E-state index contributed by atoms with van der Waals surface area (Å²) in [6.45, 7) is 10.4.